The lowest BCUT2D eigenvalue weighted by Crippen LogP contribution is -2.26. The second-order valence-corrected chi connectivity index (χ2v) is 8.93. The van der Waals surface area contributed by atoms with E-state index in [1.807, 2.05) is 25.1 Å². The van der Waals surface area contributed by atoms with Gasteiger partial charge in [0.2, 0.25) is 0 Å². The highest BCUT2D eigenvalue weighted by molar-refractivity contribution is 9.10. The minimum absolute atomic E-state index is 0.214. The Balaban J connectivity index is 1.62. The lowest BCUT2D eigenvalue weighted by Gasteiger charge is -2.18. The van der Waals surface area contributed by atoms with Crippen LogP contribution in [0.2, 0.25) is 5.02 Å². The number of rotatable bonds is 11. The summed E-state index contributed by atoms with van der Waals surface area (Å²) in [5, 5.41) is 3.92. The molecule has 0 heterocycles. The summed E-state index contributed by atoms with van der Waals surface area (Å²) in [5.41, 5.74) is 3.16. The molecule has 0 aromatic heterocycles. The first-order chi connectivity index (χ1) is 15.5. The van der Waals surface area contributed by atoms with Crippen LogP contribution in [0, 0.1) is 5.82 Å². The molecular weight excluding hydrogens is 493 g/mol. The van der Waals surface area contributed by atoms with Gasteiger partial charge in [0, 0.05) is 18.2 Å². The van der Waals surface area contributed by atoms with Crippen molar-refractivity contribution in [1.29, 1.82) is 0 Å². The number of hydrogen-bond donors (Lipinski definition) is 1. The lowest BCUT2D eigenvalue weighted by molar-refractivity contribution is 0.267. The molecule has 3 aromatic carbocycles. The van der Waals surface area contributed by atoms with Crippen molar-refractivity contribution >= 4 is 27.5 Å². The SMILES string of the molecule is CCOc1cc(CNC(C)CCc2ccccc2)cc(Br)c1OCc1ccc(F)cc1Cl. The molecule has 3 nitrogen and oxygen atoms in total. The fraction of sp³-hybridized carbons (Fsp3) is 0.308. The zero-order valence-corrected chi connectivity index (χ0v) is 20.7. The average Bonchev–Trinajstić information content (AvgIpc) is 2.78. The highest BCUT2D eigenvalue weighted by Crippen LogP contribution is 2.38. The smallest absolute Gasteiger partial charge is 0.175 e. The van der Waals surface area contributed by atoms with Crippen LogP contribution in [0.4, 0.5) is 4.39 Å². The van der Waals surface area contributed by atoms with Crippen LogP contribution in [0.15, 0.2) is 65.1 Å². The zero-order chi connectivity index (χ0) is 22.9. The van der Waals surface area contributed by atoms with Gasteiger partial charge in [-0.2, -0.15) is 0 Å². The van der Waals surface area contributed by atoms with Gasteiger partial charge in [-0.25, -0.2) is 4.39 Å². The van der Waals surface area contributed by atoms with Crippen LogP contribution in [0.25, 0.3) is 0 Å². The minimum atomic E-state index is -0.371. The van der Waals surface area contributed by atoms with E-state index in [2.05, 4.69) is 52.4 Å². The van der Waals surface area contributed by atoms with Gasteiger partial charge in [0.05, 0.1) is 16.1 Å². The molecule has 0 spiro atoms. The molecule has 0 saturated carbocycles. The molecule has 6 heteroatoms. The van der Waals surface area contributed by atoms with Gasteiger partial charge in [0.1, 0.15) is 12.4 Å². The number of nitrogens with one attached hydrogen (secondary N) is 1. The Bertz CT molecular complexity index is 1020. The van der Waals surface area contributed by atoms with E-state index >= 15 is 0 Å². The quantitative estimate of drug-likeness (QED) is 0.287. The van der Waals surface area contributed by atoms with Crippen molar-refractivity contribution < 1.29 is 13.9 Å². The molecule has 0 bridgehead atoms. The van der Waals surface area contributed by atoms with E-state index in [1.165, 1.54) is 17.7 Å². The van der Waals surface area contributed by atoms with Gasteiger partial charge >= 0.3 is 0 Å². The molecule has 0 saturated heterocycles. The largest absolute Gasteiger partial charge is 0.490 e. The summed E-state index contributed by atoms with van der Waals surface area (Å²) in [6.45, 7) is 5.59. The van der Waals surface area contributed by atoms with Crippen LogP contribution in [-0.4, -0.2) is 12.6 Å². The van der Waals surface area contributed by atoms with Crippen LogP contribution in [-0.2, 0) is 19.6 Å². The molecule has 1 unspecified atom stereocenters. The molecule has 0 aliphatic heterocycles. The topological polar surface area (TPSA) is 30.5 Å². The first-order valence-electron chi connectivity index (χ1n) is 10.8. The van der Waals surface area contributed by atoms with E-state index in [1.54, 1.807) is 6.07 Å². The van der Waals surface area contributed by atoms with E-state index < -0.39 is 0 Å². The Morgan fingerprint density at radius 3 is 2.53 bits per heavy atom. The maximum absolute atomic E-state index is 13.3. The lowest BCUT2D eigenvalue weighted by atomic mass is 10.1. The van der Waals surface area contributed by atoms with Crippen LogP contribution < -0.4 is 14.8 Å². The second kappa shape index (κ2) is 12.2. The van der Waals surface area contributed by atoms with E-state index in [0.29, 0.717) is 34.7 Å². The zero-order valence-electron chi connectivity index (χ0n) is 18.3. The van der Waals surface area contributed by atoms with Gasteiger partial charge in [0.25, 0.3) is 0 Å². The minimum Gasteiger partial charge on any atom is -0.490 e. The molecule has 0 amide bonds. The number of hydrogen-bond acceptors (Lipinski definition) is 3. The molecule has 0 radical (unpaired) electrons. The van der Waals surface area contributed by atoms with E-state index in [0.717, 1.165) is 29.4 Å². The number of ether oxygens (including phenoxy) is 2. The van der Waals surface area contributed by atoms with Gasteiger partial charge < -0.3 is 14.8 Å². The van der Waals surface area contributed by atoms with Gasteiger partial charge in [0.15, 0.2) is 11.5 Å². The standard InChI is InChI=1S/C26H28BrClFNO2/c1-3-31-25-14-20(16-30-18(2)9-10-19-7-5-4-6-8-19)13-23(27)26(25)32-17-21-11-12-22(29)15-24(21)28/h4-8,11-15,18,30H,3,9-10,16-17H2,1-2H3. The van der Waals surface area contributed by atoms with Crippen molar-refractivity contribution in [3.8, 4) is 11.5 Å². The number of benzene rings is 3. The van der Waals surface area contributed by atoms with Crippen molar-refractivity contribution in [3.05, 3.63) is 92.7 Å². The molecule has 32 heavy (non-hydrogen) atoms. The van der Waals surface area contributed by atoms with Crippen LogP contribution >= 0.6 is 27.5 Å². The summed E-state index contributed by atoms with van der Waals surface area (Å²) in [6, 6.07) is 19.2. The summed E-state index contributed by atoms with van der Waals surface area (Å²) in [7, 11) is 0. The third kappa shape index (κ3) is 7.22. The van der Waals surface area contributed by atoms with Gasteiger partial charge in [-0.15, -0.1) is 0 Å². The van der Waals surface area contributed by atoms with E-state index in [-0.39, 0.29) is 12.4 Å². The summed E-state index contributed by atoms with van der Waals surface area (Å²) < 4.78 is 25.9. The van der Waals surface area contributed by atoms with Crippen molar-refractivity contribution in [1.82, 2.24) is 5.32 Å². The van der Waals surface area contributed by atoms with Crippen LogP contribution in [0.1, 0.15) is 37.0 Å². The monoisotopic (exact) mass is 519 g/mol. The molecular formula is C26H28BrClFNO2. The summed E-state index contributed by atoms with van der Waals surface area (Å²) >= 11 is 9.74. The molecule has 1 N–H and O–H groups in total. The first kappa shape index (κ1) is 24.6. The highest BCUT2D eigenvalue weighted by Gasteiger charge is 2.14. The Kier molecular flexibility index (Phi) is 9.39. The van der Waals surface area contributed by atoms with Gasteiger partial charge in [-0.05, 0) is 78.0 Å². The summed E-state index contributed by atoms with van der Waals surface area (Å²) in [4.78, 5) is 0. The molecule has 0 aliphatic carbocycles. The maximum Gasteiger partial charge on any atom is 0.175 e. The third-order valence-corrected chi connectivity index (χ3v) is 6.06. The van der Waals surface area contributed by atoms with Crippen molar-refractivity contribution in [2.75, 3.05) is 6.61 Å². The molecule has 170 valence electrons. The average molecular weight is 521 g/mol. The Morgan fingerprint density at radius 1 is 1.03 bits per heavy atom. The number of halogens is 3. The maximum atomic E-state index is 13.3. The van der Waals surface area contributed by atoms with Crippen LogP contribution in [0.3, 0.4) is 0 Å². The Hall–Kier alpha value is -2.08. The first-order valence-corrected chi connectivity index (χ1v) is 11.9. The Morgan fingerprint density at radius 2 is 1.81 bits per heavy atom. The van der Waals surface area contributed by atoms with E-state index in [4.69, 9.17) is 21.1 Å². The third-order valence-electron chi connectivity index (χ3n) is 5.12. The highest BCUT2D eigenvalue weighted by atomic mass is 79.9. The number of aryl methyl sites for hydroxylation is 1. The van der Waals surface area contributed by atoms with Gasteiger partial charge in [-0.3, -0.25) is 0 Å². The molecule has 0 fully saturated rings. The van der Waals surface area contributed by atoms with Crippen molar-refractivity contribution in [2.45, 2.75) is 45.9 Å². The molecule has 1 atom stereocenters. The van der Waals surface area contributed by atoms with Crippen LogP contribution in [0.5, 0.6) is 11.5 Å². The molecule has 0 aliphatic rings. The fourth-order valence-corrected chi connectivity index (χ4v) is 4.16. The normalized spacial score (nSPS) is 11.9. The van der Waals surface area contributed by atoms with Gasteiger partial charge in [-0.1, -0.05) is 48.0 Å². The molecule has 3 aromatic rings. The van der Waals surface area contributed by atoms with Crippen molar-refractivity contribution in [3.63, 3.8) is 0 Å². The van der Waals surface area contributed by atoms with Crippen molar-refractivity contribution in [2.24, 2.45) is 0 Å². The summed E-state index contributed by atoms with van der Waals surface area (Å²) in [6.07, 6.45) is 2.10. The molecule has 3 rings (SSSR count). The second-order valence-electron chi connectivity index (χ2n) is 7.67. The summed E-state index contributed by atoms with van der Waals surface area (Å²) in [5.74, 6) is 0.895. The fourth-order valence-electron chi connectivity index (χ4n) is 3.34. The van der Waals surface area contributed by atoms with E-state index in [9.17, 15) is 4.39 Å². The Labute approximate surface area is 203 Å². The predicted molar refractivity (Wildman–Crippen MR) is 132 cm³/mol. The predicted octanol–water partition coefficient (Wildman–Crippen LogP) is 7.33.